The number of aryl methyl sites for hydroxylation is 1. The molecule has 2 aromatic carbocycles. The highest BCUT2D eigenvalue weighted by Gasteiger charge is 2.18. The van der Waals surface area contributed by atoms with E-state index in [2.05, 4.69) is 44.6 Å². The molecule has 0 aliphatic carbocycles. The van der Waals surface area contributed by atoms with Gasteiger partial charge in [0.25, 0.3) is 17.5 Å². The Morgan fingerprint density at radius 3 is 2.28 bits per heavy atom. The summed E-state index contributed by atoms with van der Waals surface area (Å²) in [6.07, 6.45) is 2.30. The number of hydrogen-bond acceptors (Lipinski definition) is 6. The molecule has 1 N–H and O–H groups in total. The lowest BCUT2D eigenvalue weighted by molar-refractivity contribution is -0.124. The van der Waals surface area contributed by atoms with Gasteiger partial charge in [0, 0.05) is 24.4 Å². The van der Waals surface area contributed by atoms with Gasteiger partial charge in [-0.05, 0) is 30.5 Å². The van der Waals surface area contributed by atoms with Gasteiger partial charge in [-0.3, -0.25) is 4.79 Å². The molecule has 2 aromatic heterocycles. The number of esters is 1. The summed E-state index contributed by atoms with van der Waals surface area (Å²) < 4.78 is 6.52. The van der Waals surface area contributed by atoms with Crippen molar-refractivity contribution in [2.45, 2.75) is 19.3 Å². The van der Waals surface area contributed by atoms with E-state index < -0.39 is 12.6 Å². The smallest absolute Gasteiger partial charge is 0.378 e. The molecule has 0 unspecified atom stereocenters. The molecular formula is C24H23N5O3. The fourth-order valence-corrected chi connectivity index (χ4v) is 3.49. The van der Waals surface area contributed by atoms with Crippen LogP contribution in [0.25, 0.3) is 5.78 Å². The van der Waals surface area contributed by atoms with E-state index in [1.54, 1.807) is 12.3 Å². The van der Waals surface area contributed by atoms with E-state index >= 15 is 0 Å². The molecule has 4 aromatic rings. The summed E-state index contributed by atoms with van der Waals surface area (Å²) in [5.41, 5.74) is 3.15. The van der Waals surface area contributed by atoms with Crippen LogP contribution in [0.1, 0.15) is 39.8 Å². The summed E-state index contributed by atoms with van der Waals surface area (Å²) >= 11 is 0. The van der Waals surface area contributed by atoms with E-state index in [0.717, 1.165) is 5.69 Å². The lowest BCUT2D eigenvalue weighted by atomic mass is 9.88. The van der Waals surface area contributed by atoms with Crippen molar-refractivity contribution in [2.75, 3.05) is 13.2 Å². The summed E-state index contributed by atoms with van der Waals surface area (Å²) in [5, 5.41) is 6.90. The van der Waals surface area contributed by atoms with Crippen molar-refractivity contribution < 1.29 is 14.3 Å². The number of aromatic nitrogens is 4. The van der Waals surface area contributed by atoms with Gasteiger partial charge < -0.3 is 10.1 Å². The Balaban J connectivity index is 1.31. The summed E-state index contributed by atoms with van der Waals surface area (Å²) in [6, 6.07) is 22.1. The van der Waals surface area contributed by atoms with Crippen molar-refractivity contribution in [3.05, 3.63) is 95.6 Å². The summed E-state index contributed by atoms with van der Waals surface area (Å²) in [4.78, 5) is 32.5. The topological polar surface area (TPSA) is 98.5 Å². The standard InChI is InChI=1S/C24H23N5O3/c1-17-12-14-26-24-27-22(28-29(17)24)23(31)32-16-21(30)25-15-13-20(18-8-4-2-5-9-18)19-10-6-3-7-11-19/h2-12,14,20H,13,15-16H2,1H3,(H,25,30). The van der Waals surface area contributed by atoms with Gasteiger partial charge >= 0.3 is 5.97 Å². The quantitative estimate of drug-likeness (QED) is 0.433. The first-order valence-electron chi connectivity index (χ1n) is 10.3. The molecule has 0 bridgehead atoms. The van der Waals surface area contributed by atoms with Crippen LogP contribution in [0.3, 0.4) is 0 Å². The Kier molecular flexibility index (Phi) is 6.50. The maximum Gasteiger partial charge on any atom is 0.378 e. The van der Waals surface area contributed by atoms with Crippen molar-refractivity contribution in [1.82, 2.24) is 24.9 Å². The molecular weight excluding hydrogens is 406 g/mol. The second kappa shape index (κ2) is 9.82. The van der Waals surface area contributed by atoms with Gasteiger partial charge in [-0.2, -0.15) is 4.98 Å². The third-order valence-corrected chi connectivity index (χ3v) is 5.11. The van der Waals surface area contributed by atoms with Gasteiger partial charge in [0.15, 0.2) is 6.61 Å². The van der Waals surface area contributed by atoms with Gasteiger partial charge in [-0.1, -0.05) is 60.7 Å². The van der Waals surface area contributed by atoms with E-state index in [4.69, 9.17) is 4.74 Å². The average molecular weight is 429 g/mol. The second-order valence-electron chi connectivity index (χ2n) is 7.32. The van der Waals surface area contributed by atoms with Crippen LogP contribution >= 0.6 is 0 Å². The largest absolute Gasteiger partial charge is 0.450 e. The summed E-state index contributed by atoms with van der Waals surface area (Å²) in [7, 11) is 0. The van der Waals surface area contributed by atoms with Crippen LogP contribution in [-0.4, -0.2) is 44.6 Å². The van der Waals surface area contributed by atoms with Crippen LogP contribution in [0.5, 0.6) is 0 Å². The number of fused-ring (bicyclic) bond motifs is 1. The molecule has 0 aliphatic rings. The minimum atomic E-state index is -0.767. The monoisotopic (exact) mass is 429 g/mol. The molecule has 0 saturated heterocycles. The van der Waals surface area contributed by atoms with Crippen molar-refractivity contribution in [3.8, 4) is 0 Å². The molecule has 0 radical (unpaired) electrons. The number of amides is 1. The zero-order valence-corrected chi connectivity index (χ0v) is 17.6. The van der Waals surface area contributed by atoms with E-state index in [-0.39, 0.29) is 17.6 Å². The fourth-order valence-electron chi connectivity index (χ4n) is 3.49. The predicted molar refractivity (Wildman–Crippen MR) is 118 cm³/mol. The van der Waals surface area contributed by atoms with Gasteiger partial charge in [0.1, 0.15) is 0 Å². The van der Waals surface area contributed by atoms with Crippen molar-refractivity contribution in [1.29, 1.82) is 0 Å². The highest BCUT2D eigenvalue weighted by atomic mass is 16.5. The minimum Gasteiger partial charge on any atom is -0.450 e. The van der Waals surface area contributed by atoms with Gasteiger partial charge in [0.05, 0.1) is 0 Å². The number of hydrogen-bond donors (Lipinski definition) is 1. The maximum atomic E-state index is 12.2. The number of rotatable bonds is 8. The van der Waals surface area contributed by atoms with E-state index in [9.17, 15) is 9.59 Å². The number of ether oxygens (including phenoxy) is 1. The van der Waals surface area contributed by atoms with Crippen LogP contribution in [-0.2, 0) is 9.53 Å². The third-order valence-electron chi connectivity index (χ3n) is 5.11. The Morgan fingerprint density at radius 2 is 1.66 bits per heavy atom. The molecule has 4 rings (SSSR count). The molecule has 8 nitrogen and oxygen atoms in total. The highest BCUT2D eigenvalue weighted by Crippen LogP contribution is 2.27. The first-order valence-corrected chi connectivity index (χ1v) is 10.3. The molecule has 0 fully saturated rings. The summed E-state index contributed by atoms with van der Waals surface area (Å²) in [5.74, 6) is -0.826. The van der Waals surface area contributed by atoms with Crippen molar-refractivity contribution in [3.63, 3.8) is 0 Å². The van der Waals surface area contributed by atoms with Gasteiger partial charge in [-0.15, -0.1) is 5.10 Å². The second-order valence-corrected chi connectivity index (χ2v) is 7.32. The highest BCUT2D eigenvalue weighted by molar-refractivity contribution is 5.88. The van der Waals surface area contributed by atoms with Crippen LogP contribution in [0.15, 0.2) is 72.9 Å². The normalized spacial score (nSPS) is 10.9. The zero-order chi connectivity index (χ0) is 22.3. The average Bonchev–Trinajstić information content (AvgIpc) is 3.27. The molecule has 2 heterocycles. The van der Waals surface area contributed by atoms with Crippen LogP contribution < -0.4 is 5.32 Å². The number of nitrogens with one attached hydrogen (secondary N) is 1. The maximum absolute atomic E-state index is 12.2. The molecule has 32 heavy (non-hydrogen) atoms. The zero-order valence-electron chi connectivity index (χ0n) is 17.6. The Bertz CT molecular complexity index is 1170. The molecule has 0 saturated carbocycles. The third kappa shape index (κ3) is 4.97. The Labute approximate surface area is 185 Å². The number of benzene rings is 2. The van der Waals surface area contributed by atoms with Crippen LogP contribution in [0.2, 0.25) is 0 Å². The van der Waals surface area contributed by atoms with E-state index in [1.165, 1.54) is 15.6 Å². The SMILES string of the molecule is Cc1ccnc2nc(C(=O)OCC(=O)NCCC(c3ccccc3)c3ccccc3)nn12. The van der Waals surface area contributed by atoms with Crippen molar-refractivity contribution >= 4 is 17.7 Å². The lowest BCUT2D eigenvalue weighted by Crippen LogP contribution is -2.30. The van der Waals surface area contributed by atoms with E-state index in [0.29, 0.717) is 18.7 Å². The minimum absolute atomic E-state index is 0.132. The van der Waals surface area contributed by atoms with Gasteiger partial charge in [0.2, 0.25) is 0 Å². The molecule has 1 amide bonds. The number of carbonyl (C=O) groups is 2. The number of nitrogens with zero attached hydrogens (tertiary/aromatic N) is 4. The molecule has 8 heteroatoms. The summed E-state index contributed by atoms with van der Waals surface area (Å²) in [6.45, 7) is 1.87. The molecule has 0 spiro atoms. The Morgan fingerprint density at radius 1 is 1.00 bits per heavy atom. The fraction of sp³-hybridized carbons (Fsp3) is 0.208. The molecule has 0 aliphatic heterocycles. The molecule has 0 atom stereocenters. The Hall–Kier alpha value is -4.07. The van der Waals surface area contributed by atoms with Gasteiger partial charge in [-0.25, -0.2) is 14.3 Å². The van der Waals surface area contributed by atoms with Crippen LogP contribution in [0, 0.1) is 6.92 Å². The predicted octanol–water partition coefficient (Wildman–Crippen LogP) is 2.93. The van der Waals surface area contributed by atoms with E-state index in [1.807, 2.05) is 43.3 Å². The lowest BCUT2D eigenvalue weighted by Gasteiger charge is -2.18. The number of carbonyl (C=O) groups excluding carboxylic acids is 2. The van der Waals surface area contributed by atoms with Crippen molar-refractivity contribution in [2.24, 2.45) is 0 Å². The first kappa shape index (κ1) is 21.2. The van der Waals surface area contributed by atoms with Crippen LogP contribution in [0.4, 0.5) is 0 Å². The molecule has 162 valence electrons. The first-order chi connectivity index (χ1) is 15.6.